The predicted molar refractivity (Wildman–Crippen MR) is 100 cm³/mol. The van der Waals surface area contributed by atoms with Gasteiger partial charge in [-0.1, -0.05) is 30.3 Å². The number of rotatable bonds is 5. The lowest BCUT2D eigenvalue weighted by Gasteiger charge is -2.29. The van der Waals surface area contributed by atoms with Gasteiger partial charge in [0.2, 0.25) is 0 Å². The molecule has 27 heavy (non-hydrogen) atoms. The first-order chi connectivity index (χ1) is 13.1. The topological polar surface area (TPSA) is 65.4 Å². The molecular weight excluding hydrogens is 340 g/mol. The summed E-state index contributed by atoms with van der Waals surface area (Å²) in [7, 11) is 0. The van der Waals surface area contributed by atoms with Crippen molar-refractivity contribution in [1.29, 1.82) is 0 Å². The van der Waals surface area contributed by atoms with E-state index in [0.717, 1.165) is 42.1 Å². The average molecular weight is 362 g/mol. The van der Waals surface area contributed by atoms with Gasteiger partial charge in [-0.3, -0.25) is 0 Å². The number of benzene rings is 2. The van der Waals surface area contributed by atoms with Gasteiger partial charge in [0.1, 0.15) is 23.6 Å². The molecule has 2 atom stereocenters. The maximum absolute atomic E-state index is 6.11. The molecule has 0 aliphatic carbocycles. The van der Waals surface area contributed by atoms with Crippen molar-refractivity contribution in [2.75, 3.05) is 0 Å². The maximum atomic E-state index is 6.11. The van der Waals surface area contributed by atoms with Gasteiger partial charge in [-0.05, 0) is 60.9 Å². The van der Waals surface area contributed by atoms with Crippen molar-refractivity contribution >= 4 is 0 Å². The van der Waals surface area contributed by atoms with Crippen molar-refractivity contribution in [2.45, 2.75) is 51.0 Å². The van der Waals surface area contributed by atoms with Crippen molar-refractivity contribution in [2.24, 2.45) is 0 Å². The Morgan fingerprint density at radius 2 is 1.96 bits per heavy atom. The zero-order valence-electron chi connectivity index (χ0n) is 15.5. The Morgan fingerprint density at radius 1 is 1.11 bits per heavy atom. The molecule has 0 spiro atoms. The second-order valence-corrected chi connectivity index (χ2v) is 7.75. The number of nitrogens with zero attached hydrogens (tertiary/aromatic N) is 4. The summed E-state index contributed by atoms with van der Waals surface area (Å²) < 4.78 is 13.8. The number of ether oxygens (including phenoxy) is 2. The van der Waals surface area contributed by atoms with Crippen LogP contribution in [0.25, 0.3) is 11.4 Å². The molecule has 0 bridgehead atoms. The normalized spacial score (nSPS) is 21.9. The van der Waals surface area contributed by atoms with E-state index in [1.807, 2.05) is 22.9 Å². The molecule has 2 aromatic carbocycles. The Morgan fingerprint density at radius 3 is 2.81 bits per heavy atom. The summed E-state index contributed by atoms with van der Waals surface area (Å²) in [5.74, 6) is 1.68. The Balaban J connectivity index is 1.35. The molecule has 2 aliphatic heterocycles. The number of aromatic nitrogens is 4. The number of tetrazole rings is 1. The second-order valence-electron chi connectivity index (χ2n) is 7.75. The largest absolute Gasteiger partial charge is 0.485 e. The fraction of sp³-hybridized carbons (Fsp3) is 0.381. The van der Waals surface area contributed by atoms with E-state index in [1.165, 1.54) is 5.56 Å². The minimum Gasteiger partial charge on any atom is -0.485 e. The van der Waals surface area contributed by atoms with E-state index >= 15 is 0 Å². The maximum Gasteiger partial charge on any atom is 0.182 e. The molecule has 0 radical (unpaired) electrons. The fourth-order valence-corrected chi connectivity index (χ4v) is 3.86. The quantitative estimate of drug-likeness (QED) is 0.649. The van der Waals surface area contributed by atoms with E-state index in [4.69, 9.17) is 9.47 Å². The van der Waals surface area contributed by atoms with Crippen LogP contribution < -0.4 is 4.74 Å². The Hall–Kier alpha value is -2.73. The average Bonchev–Trinajstić information content (AvgIpc) is 3.36. The molecule has 0 amide bonds. The van der Waals surface area contributed by atoms with Gasteiger partial charge < -0.3 is 9.47 Å². The minimum absolute atomic E-state index is 0.117. The van der Waals surface area contributed by atoms with Gasteiger partial charge in [-0.25, -0.2) is 4.68 Å². The van der Waals surface area contributed by atoms with Gasteiger partial charge in [-0.15, -0.1) is 5.10 Å². The van der Waals surface area contributed by atoms with Crippen LogP contribution in [-0.4, -0.2) is 31.9 Å². The molecule has 3 aromatic rings. The summed E-state index contributed by atoms with van der Waals surface area (Å²) in [4.78, 5) is 0. The molecule has 1 aromatic heterocycles. The number of fused-ring (bicyclic) bond motifs is 3. The molecule has 5 rings (SSSR count). The number of hydrogen-bond acceptors (Lipinski definition) is 5. The third kappa shape index (κ3) is 3.00. The highest BCUT2D eigenvalue weighted by atomic mass is 16.6. The van der Waals surface area contributed by atoms with Crippen LogP contribution in [0.5, 0.6) is 5.75 Å². The fourth-order valence-electron chi connectivity index (χ4n) is 3.86. The molecule has 138 valence electrons. The molecular formula is C21H22N4O2. The van der Waals surface area contributed by atoms with Crippen LogP contribution in [0, 0.1) is 0 Å². The first kappa shape index (κ1) is 16.4. The van der Waals surface area contributed by atoms with Crippen LogP contribution in [0.3, 0.4) is 0 Å². The zero-order chi connectivity index (χ0) is 18.4. The van der Waals surface area contributed by atoms with E-state index < -0.39 is 0 Å². The minimum atomic E-state index is -0.280. The molecule has 6 nitrogen and oxygen atoms in total. The molecule has 1 fully saturated rings. The van der Waals surface area contributed by atoms with E-state index in [9.17, 15) is 0 Å². The first-order valence-electron chi connectivity index (χ1n) is 9.41. The van der Waals surface area contributed by atoms with Crippen LogP contribution in [-0.2, 0) is 17.7 Å². The predicted octanol–water partition coefficient (Wildman–Crippen LogP) is 3.58. The van der Waals surface area contributed by atoms with Crippen LogP contribution in [0.1, 0.15) is 37.5 Å². The summed E-state index contributed by atoms with van der Waals surface area (Å²) >= 11 is 0. The summed E-state index contributed by atoms with van der Waals surface area (Å²) in [6, 6.07) is 16.6. The van der Waals surface area contributed by atoms with Crippen molar-refractivity contribution in [1.82, 2.24) is 20.2 Å². The molecule has 3 heterocycles. The van der Waals surface area contributed by atoms with Crippen molar-refractivity contribution in [3.8, 4) is 17.1 Å². The smallest absolute Gasteiger partial charge is 0.182 e. The second kappa shape index (κ2) is 6.16. The van der Waals surface area contributed by atoms with Crippen molar-refractivity contribution in [3.05, 3.63) is 59.7 Å². The van der Waals surface area contributed by atoms with Crippen LogP contribution in [0.2, 0.25) is 0 Å². The highest BCUT2D eigenvalue weighted by molar-refractivity contribution is 5.60. The first-order valence-corrected chi connectivity index (χ1v) is 9.41. The van der Waals surface area contributed by atoms with Gasteiger partial charge in [0.15, 0.2) is 5.82 Å². The number of epoxide rings is 1. The monoisotopic (exact) mass is 362 g/mol. The lowest BCUT2D eigenvalue weighted by Crippen LogP contribution is -2.37. The molecule has 1 saturated heterocycles. The lowest BCUT2D eigenvalue weighted by atomic mass is 9.93. The van der Waals surface area contributed by atoms with Gasteiger partial charge in [-0.2, -0.15) is 0 Å². The van der Waals surface area contributed by atoms with E-state index in [2.05, 4.69) is 59.7 Å². The highest BCUT2D eigenvalue weighted by Crippen LogP contribution is 2.54. The number of hydrogen-bond donors (Lipinski definition) is 0. The van der Waals surface area contributed by atoms with Gasteiger partial charge in [0.05, 0.1) is 0 Å². The third-order valence-corrected chi connectivity index (χ3v) is 5.33. The Labute approximate surface area is 158 Å². The van der Waals surface area contributed by atoms with Crippen LogP contribution >= 0.6 is 0 Å². The van der Waals surface area contributed by atoms with E-state index in [1.54, 1.807) is 0 Å². The SMILES string of the molecule is CC1(C)Oc2ccc(-c3nnnn3CCCc3ccccc3)cc2[C@@H]2O[C@@H]21. The molecule has 0 N–H and O–H groups in total. The summed E-state index contributed by atoms with van der Waals surface area (Å²) in [6.45, 7) is 4.92. The van der Waals surface area contributed by atoms with Gasteiger partial charge in [0, 0.05) is 17.7 Å². The summed E-state index contributed by atoms with van der Waals surface area (Å²) in [6.07, 6.45) is 2.23. The zero-order valence-corrected chi connectivity index (χ0v) is 15.5. The summed E-state index contributed by atoms with van der Waals surface area (Å²) in [5, 5.41) is 12.3. The molecule has 2 aliphatic rings. The van der Waals surface area contributed by atoms with E-state index in [0.29, 0.717) is 0 Å². The molecule has 0 saturated carbocycles. The van der Waals surface area contributed by atoms with Crippen LogP contribution in [0.15, 0.2) is 48.5 Å². The Kier molecular flexibility index (Phi) is 3.75. The summed E-state index contributed by atoms with van der Waals surface area (Å²) in [5.41, 5.74) is 3.14. The standard InChI is InChI=1S/C21H22N4O2/c1-21(2)19-18(26-19)16-13-15(10-11-17(16)27-21)20-22-23-24-25(20)12-6-9-14-7-4-3-5-8-14/h3-5,7-8,10-11,13,18-19H,6,9,12H2,1-2H3/t18-,19-/m0/s1. The molecule has 6 heteroatoms. The molecule has 0 unspecified atom stereocenters. The van der Waals surface area contributed by atoms with Crippen molar-refractivity contribution in [3.63, 3.8) is 0 Å². The van der Waals surface area contributed by atoms with Gasteiger partial charge >= 0.3 is 0 Å². The van der Waals surface area contributed by atoms with Crippen molar-refractivity contribution < 1.29 is 9.47 Å². The van der Waals surface area contributed by atoms with Gasteiger partial charge in [0.25, 0.3) is 0 Å². The van der Waals surface area contributed by atoms with Crippen LogP contribution in [0.4, 0.5) is 0 Å². The highest BCUT2D eigenvalue weighted by Gasteiger charge is 2.56. The Bertz CT molecular complexity index is 967. The lowest BCUT2D eigenvalue weighted by molar-refractivity contribution is 0.0725. The number of aryl methyl sites for hydroxylation is 2. The third-order valence-electron chi connectivity index (χ3n) is 5.33. The van der Waals surface area contributed by atoms with E-state index in [-0.39, 0.29) is 17.8 Å².